The number of hydrogen-bond donors (Lipinski definition) is 1. The lowest BCUT2D eigenvalue weighted by molar-refractivity contribution is 0.102. The number of aromatic nitrogens is 4. The zero-order valence-corrected chi connectivity index (χ0v) is 14.7. The molecule has 1 N–H and O–H groups in total. The van der Waals surface area contributed by atoms with Gasteiger partial charge in [0, 0.05) is 21.8 Å². The first-order chi connectivity index (χ1) is 12.1. The third-order valence-electron chi connectivity index (χ3n) is 3.69. The van der Waals surface area contributed by atoms with E-state index in [2.05, 4.69) is 20.6 Å². The highest BCUT2D eigenvalue weighted by Crippen LogP contribution is 2.27. The Kier molecular flexibility index (Phi) is 3.95. The quantitative estimate of drug-likeness (QED) is 0.591. The molecular formula is C17H12ClN5OS. The normalized spacial score (nSPS) is 11.0. The minimum Gasteiger partial charge on any atom is -0.322 e. The summed E-state index contributed by atoms with van der Waals surface area (Å²) < 4.78 is 1.62. The molecule has 0 fully saturated rings. The maximum Gasteiger partial charge on any atom is 0.255 e. The van der Waals surface area contributed by atoms with Crippen molar-refractivity contribution in [1.82, 2.24) is 19.8 Å². The number of fused-ring (bicyclic) bond motifs is 1. The number of hydrogen-bond acceptors (Lipinski definition) is 5. The summed E-state index contributed by atoms with van der Waals surface area (Å²) in [6.07, 6.45) is 1.56. The van der Waals surface area contributed by atoms with Crippen LogP contribution in [0.3, 0.4) is 0 Å². The van der Waals surface area contributed by atoms with Gasteiger partial charge in [-0.2, -0.15) is 9.61 Å². The smallest absolute Gasteiger partial charge is 0.255 e. The van der Waals surface area contributed by atoms with Gasteiger partial charge < -0.3 is 5.32 Å². The van der Waals surface area contributed by atoms with Crippen molar-refractivity contribution in [3.8, 4) is 10.6 Å². The number of nitrogens with one attached hydrogen (secondary N) is 1. The topological polar surface area (TPSA) is 72.2 Å². The fraction of sp³-hybridized carbons (Fsp3) is 0.0588. The van der Waals surface area contributed by atoms with Crippen LogP contribution < -0.4 is 5.32 Å². The largest absolute Gasteiger partial charge is 0.322 e. The fourth-order valence-corrected chi connectivity index (χ4v) is 3.34. The molecule has 0 saturated heterocycles. The average molecular weight is 370 g/mol. The van der Waals surface area contributed by atoms with E-state index in [0.29, 0.717) is 16.3 Å². The van der Waals surface area contributed by atoms with Crippen LogP contribution >= 0.6 is 22.9 Å². The van der Waals surface area contributed by atoms with E-state index < -0.39 is 0 Å². The van der Waals surface area contributed by atoms with Gasteiger partial charge in [-0.3, -0.25) is 4.79 Å². The molecule has 0 unspecified atom stereocenters. The van der Waals surface area contributed by atoms with E-state index >= 15 is 0 Å². The lowest BCUT2D eigenvalue weighted by Gasteiger charge is -2.07. The molecule has 2 heterocycles. The van der Waals surface area contributed by atoms with Crippen LogP contribution in [0.25, 0.3) is 15.5 Å². The Morgan fingerprint density at radius 2 is 2.12 bits per heavy atom. The third-order valence-corrected chi connectivity index (χ3v) is 5.06. The SMILES string of the molecule is Cc1ccc(C(=O)Nc2cccc(-c3nn4cnnc4s3)c2)cc1Cl. The summed E-state index contributed by atoms with van der Waals surface area (Å²) in [5.74, 6) is -0.211. The zero-order chi connectivity index (χ0) is 17.4. The molecular weight excluding hydrogens is 358 g/mol. The van der Waals surface area contributed by atoms with Crippen LogP contribution in [-0.2, 0) is 0 Å². The highest BCUT2D eigenvalue weighted by atomic mass is 35.5. The van der Waals surface area contributed by atoms with E-state index in [9.17, 15) is 4.79 Å². The summed E-state index contributed by atoms with van der Waals surface area (Å²) in [5, 5.41) is 16.5. The molecule has 0 spiro atoms. The average Bonchev–Trinajstić information content (AvgIpc) is 3.19. The van der Waals surface area contributed by atoms with Gasteiger partial charge in [-0.05, 0) is 36.8 Å². The van der Waals surface area contributed by atoms with Crippen LogP contribution in [0.4, 0.5) is 5.69 Å². The van der Waals surface area contributed by atoms with Crippen molar-refractivity contribution in [2.75, 3.05) is 5.32 Å². The minimum atomic E-state index is -0.211. The summed E-state index contributed by atoms with van der Waals surface area (Å²) in [7, 11) is 0. The van der Waals surface area contributed by atoms with Crippen LogP contribution in [0.5, 0.6) is 0 Å². The number of nitrogens with zero attached hydrogens (tertiary/aromatic N) is 4. The first-order valence-electron chi connectivity index (χ1n) is 7.45. The summed E-state index contributed by atoms with van der Waals surface area (Å²) >= 11 is 7.53. The molecule has 2 aromatic heterocycles. The summed E-state index contributed by atoms with van der Waals surface area (Å²) in [6, 6.07) is 12.8. The number of rotatable bonds is 3. The van der Waals surface area contributed by atoms with E-state index in [1.54, 1.807) is 23.0 Å². The highest BCUT2D eigenvalue weighted by Gasteiger charge is 2.11. The maximum absolute atomic E-state index is 12.4. The zero-order valence-electron chi connectivity index (χ0n) is 13.1. The number of carbonyl (C=O) groups excluding carboxylic acids is 1. The Hall–Kier alpha value is -2.77. The van der Waals surface area contributed by atoms with Crippen molar-refractivity contribution in [3.63, 3.8) is 0 Å². The molecule has 4 aromatic rings. The molecule has 0 aliphatic carbocycles. The number of aryl methyl sites for hydroxylation is 1. The Labute approximate surface area is 152 Å². The molecule has 2 aromatic carbocycles. The second-order valence-electron chi connectivity index (χ2n) is 5.46. The molecule has 4 rings (SSSR count). The number of benzene rings is 2. The van der Waals surface area contributed by atoms with Crippen molar-refractivity contribution in [2.45, 2.75) is 6.92 Å². The maximum atomic E-state index is 12.4. The molecule has 0 aliphatic rings. The van der Waals surface area contributed by atoms with Crippen LogP contribution in [0, 0.1) is 6.92 Å². The van der Waals surface area contributed by atoms with Gasteiger partial charge >= 0.3 is 0 Å². The van der Waals surface area contributed by atoms with Gasteiger partial charge in [0.05, 0.1) is 0 Å². The number of anilines is 1. The van der Waals surface area contributed by atoms with E-state index in [1.165, 1.54) is 11.3 Å². The Morgan fingerprint density at radius 3 is 2.92 bits per heavy atom. The Balaban J connectivity index is 1.59. The molecule has 0 radical (unpaired) electrons. The monoisotopic (exact) mass is 369 g/mol. The van der Waals surface area contributed by atoms with Gasteiger partial charge in [0.25, 0.3) is 5.91 Å². The van der Waals surface area contributed by atoms with Gasteiger partial charge in [0.15, 0.2) is 0 Å². The van der Waals surface area contributed by atoms with Gasteiger partial charge in [0.1, 0.15) is 11.3 Å². The molecule has 0 aliphatic heterocycles. The van der Waals surface area contributed by atoms with E-state index in [4.69, 9.17) is 11.6 Å². The van der Waals surface area contributed by atoms with Crippen molar-refractivity contribution < 1.29 is 4.79 Å². The molecule has 8 heteroatoms. The summed E-state index contributed by atoms with van der Waals surface area (Å²) in [6.45, 7) is 1.90. The van der Waals surface area contributed by atoms with Gasteiger partial charge in [-0.25, -0.2) is 0 Å². The molecule has 124 valence electrons. The first-order valence-corrected chi connectivity index (χ1v) is 8.64. The Bertz CT molecular complexity index is 1060. The molecule has 6 nitrogen and oxygen atoms in total. The van der Waals surface area contributed by atoms with Gasteiger partial charge in [-0.1, -0.05) is 41.1 Å². The second kappa shape index (κ2) is 6.27. The van der Waals surface area contributed by atoms with E-state index in [0.717, 1.165) is 21.1 Å². The van der Waals surface area contributed by atoms with Crippen LogP contribution in [-0.4, -0.2) is 25.7 Å². The minimum absolute atomic E-state index is 0.211. The van der Waals surface area contributed by atoms with Crippen molar-refractivity contribution in [3.05, 3.63) is 64.9 Å². The number of halogens is 1. The highest BCUT2D eigenvalue weighted by molar-refractivity contribution is 7.19. The lowest BCUT2D eigenvalue weighted by Crippen LogP contribution is -2.11. The molecule has 0 saturated carbocycles. The summed E-state index contributed by atoms with van der Waals surface area (Å²) in [4.78, 5) is 13.1. The molecule has 0 bridgehead atoms. The van der Waals surface area contributed by atoms with Crippen LogP contribution in [0.1, 0.15) is 15.9 Å². The van der Waals surface area contributed by atoms with Gasteiger partial charge in [0.2, 0.25) is 4.96 Å². The first kappa shape index (κ1) is 15.7. The van der Waals surface area contributed by atoms with Crippen molar-refractivity contribution in [2.24, 2.45) is 0 Å². The van der Waals surface area contributed by atoms with E-state index in [1.807, 2.05) is 37.3 Å². The number of carbonyl (C=O) groups is 1. The number of amides is 1. The molecule has 1 amide bonds. The summed E-state index contributed by atoms with van der Waals surface area (Å²) in [5.41, 5.74) is 3.03. The third kappa shape index (κ3) is 3.11. The Morgan fingerprint density at radius 1 is 1.24 bits per heavy atom. The van der Waals surface area contributed by atoms with Gasteiger partial charge in [-0.15, -0.1) is 10.2 Å². The lowest BCUT2D eigenvalue weighted by atomic mass is 10.1. The predicted molar refractivity (Wildman–Crippen MR) is 98.2 cm³/mol. The standard InChI is InChI=1S/C17H12ClN5OS/c1-10-5-6-11(8-14(10)18)15(24)20-13-4-2-3-12(7-13)16-22-23-9-19-21-17(23)25-16/h2-9H,1H3,(H,20,24). The second-order valence-corrected chi connectivity index (χ2v) is 6.83. The van der Waals surface area contributed by atoms with Crippen LogP contribution in [0.15, 0.2) is 48.8 Å². The fourth-order valence-electron chi connectivity index (χ4n) is 2.34. The molecule has 0 atom stereocenters. The van der Waals surface area contributed by atoms with Crippen LogP contribution in [0.2, 0.25) is 5.02 Å². The van der Waals surface area contributed by atoms with Crippen molar-refractivity contribution in [1.29, 1.82) is 0 Å². The predicted octanol–water partition coefficient (Wildman–Crippen LogP) is 4.07. The molecule has 25 heavy (non-hydrogen) atoms. The van der Waals surface area contributed by atoms with E-state index in [-0.39, 0.29) is 5.91 Å². The van der Waals surface area contributed by atoms with Crippen molar-refractivity contribution >= 4 is 39.5 Å².